The summed E-state index contributed by atoms with van der Waals surface area (Å²) in [6.45, 7) is 9.19. The van der Waals surface area contributed by atoms with Gasteiger partial charge < -0.3 is 0 Å². The van der Waals surface area contributed by atoms with E-state index in [1.54, 1.807) is 0 Å². The molecule has 0 aromatic heterocycles. The molecule has 0 atom stereocenters. The first-order valence-corrected chi connectivity index (χ1v) is 2.28. The Morgan fingerprint density at radius 3 is 2.14 bits per heavy atom. The Kier molecular flexibility index (Phi) is 25.6. The molecule has 0 rings (SSSR count). The van der Waals surface area contributed by atoms with Crippen molar-refractivity contribution in [3.8, 4) is 6.57 Å². The first-order chi connectivity index (χ1) is 3.41. The molecule has 0 spiro atoms. The van der Waals surface area contributed by atoms with Gasteiger partial charge in [-0.1, -0.05) is 19.4 Å². The summed E-state index contributed by atoms with van der Waals surface area (Å²) in [5.41, 5.74) is 0. The van der Waals surface area contributed by atoms with Crippen LogP contribution in [0.25, 0.3) is 0 Å². The average Bonchev–Trinajstić information content (AvgIpc) is 1.75. The smallest absolute Gasteiger partial charge is 0.0462 e. The molecule has 0 unspecified atom stereocenters. The molecule has 0 fully saturated rings. The number of nitrogens with zero attached hydrogens (tertiary/aromatic N) is 1. The lowest BCUT2D eigenvalue weighted by Crippen LogP contribution is -1.52. The zero-order chi connectivity index (χ0) is 6.12. The topological polar surface area (TPSA) is 23.8 Å². The van der Waals surface area contributed by atoms with E-state index in [2.05, 4.69) is 20.1 Å². The number of unbranched alkanes of at least 4 members (excludes halogenated alkanes) is 1. The Bertz CT molecular complexity index is 45.4. The second-order valence-corrected chi connectivity index (χ2v) is 1.08. The van der Waals surface area contributed by atoms with Gasteiger partial charge in [0.1, 0.15) is 0 Å². The lowest BCUT2D eigenvalue weighted by Gasteiger charge is -1.72. The van der Waals surface area contributed by atoms with Crippen molar-refractivity contribution in [3.63, 3.8) is 0 Å². The van der Waals surface area contributed by atoms with Crippen LogP contribution in [0.5, 0.6) is 0 Å². The Labute approximate surface area is 45.3 Å². The summed E-state index contributed by atoms with van der Waals surface area (Å²) in [6, 6.07) is 0. The fraction of sp³-hybridized carbons (Fsp3) is 0.500. The minimum Gasteiger partial charge on any atom is -0.202 e. The van der Waals surface area contributed by atoms with E-state index in [4.69, 9.17) is 5.26 Å². The SMILES string of the molecule is C#N.C=CCCC. The number of rotatable bonds is 2. The van der Waals surface area contributed by atoms with E-state index in [1.165, 1.54) is 6.42 Å². The van der Waals surface area contributed by atoms with Gasteiger partial charge in [0, 0.05) is 6.57 Å². The van der Waals surface area contributed by atoms with Crippen LogP contribution < -0.4 is 0 Å². The van der Waals surface area contributed by atoms with E-state index in [1.807, 2.05) is 6.08 Å². The number of allylic oxidation sites excluding steroid dienone is 1. The van der Waals surface area contributed by atoms with Gasteiger partial charge in [-0.3, -0.25) is 0 Å². The van der Waals surface area contributed by atoms with Gasteiger partial charge in [0.05, 0.1) is 0 Å². The molecule has 0 bridgehead atoms. The molecule has 0 radical (unpaired) electrons. The van der Waals surface area contributed by atoms with Gasteiger partial charge in [-0.25, -0.2) is 5.26 Å². The maximum absolute atomic E-state index is 6.50. The summed E-state index contributed by atoms with van der Waals surface area (Å²) in [7, 11) is 0. The Morgan fingerprint density at radius 1 is 1.71 bits per heavy atom. The van der Waals surface area contributed by atoms with E-state index < -0.39 is 0 Å². The van der Waals surface area contributed by atoms with Crippen LogP contribution in [0, 0.1) is 11.8 Å². The predicted molar refractivity (Wildman–Crippen MR) is 31.8 cm³/mol. The fourth-order valence-corrected chi connectivity index (χ4v) is 0.204. The van der Waals surface area contributed by atoms with Crippen LogP contribution in [-0.4, -0.2) is 0 Å². The number of hydrogen-bond donors (Lipinski definition) is 0. The third-order valence-electron chi connectivity index (χ3n) is 0.493. The summed E-state index contributed by atoms with van der Waals surface area (Å²) in [5, 5.41) is 6.50. The predicted octanol–water partition coefficient (Wildman–Crippen LogP) is 2.11. The lowest BCUT2D eigenvalue weighted by molar-refractivity contribution is 0.961. The lowest BCUT2D eigenvalue weighted by atomic mass is 10.3. The first kappa shape index (κ1) is 9.52. The van der Waals surface area contributed by atoms with Gasteiger partial charge in [0.15, 0.2) is 0 Å². The largest absolute Gasteiger partial charge is 0.202 e. The molecule has 0 amide bonds. The highest BCUT2D eigenvalue weighted by molar-refractivity contribution is 4.63. The minimum atomic E-state index is 1.15. The van der Waals surface area contributed by atoms with Crippen LogP contribution in [0.4, 0.5) is 0 Å². The van der Waals surface area contributed by atoms with Crippen molar-refractivity contribution in [2.75, 3.05) is 0 Å². The van der Waals surface area contributed by atoms with E-state index in [0.29, 0.717) is 0 Å². The zero-order valence-corrected chi connectivity index (χ0v) is 4.72. The van der Waals surface area contributed by atoms with Crippen LogP contribution in [0.2, 0.25) is 0 Å². The molecule has 0 aromatic rings. The van der Waals surface area contributed by atoms with Crippen LogP contribution in [0.1, 0.15) is 19.8 Å². The fourth-order valence-electron chi connectivity index (χ4n) is 0.204. The highest BCUT2D eigenvalue weighted by atomic mass is 14.2. The molecule has 1 heteroatoms. The van der Waals surface area contributed by atoms with Crippen molar-refractivity contribution < 1.29 is 0 Å². The zero-order valence-electron chi connectivity index (χ0n) is 4.72. The molecule has 1 nitrogen and oxygen atoms in total. The van der Waals surface area contributed by atoms with Gasteiger partial charge in [-0.2, -0.15) is 0 Å². The monoisotopic (exact) mass is 97.1 g/mol. The molecule has 0 aliphatic rings. The van der Waals surface area contributed by atoms with Gasteiger partial charge in [0.2, 0.25) is 0 Å². The van der Waals surface area contributed by atoms with Crippen LogP contribution in [0.3, 0.4) is 0 Å². The Morgan fingerprint density at radius 2 is 2.14 bits per heavy atom. The van der Waals surface area contributed by atoms with E-state index in [-0.39, 0.29) is 0 Å². The molecule has 40 valence electrons. The summed E-state index contributed by atoms with van der Waals surface area (Å²) in [6.07, 6.45) is 4.31. The van der Waals surface area contributed by atoms with Gasteiger partial charge in [-0.05, 0) is 6.42 Å². The summed E-state index contributed by atoms with van der Waals surface area (Å²) >= 11 is 0. The normalized spacial score (nSPS) is 5.57. The molecular formula is C6H11N. The molecule has 0 saturated carbocycles. The summed E-state index contributed by atoms with van der Waals surface area (Å²) in [4.78, 5) is 0. The van der Waals surface area contributed by atoms with Crippen LogP contribution in [0.15, 0.2) is 12.7 Å². The van der Waals surface area contributed by atoms with Crippen molar-refractivity contribution in [1.29, 1.82) is 5.26 Å². The van der Waals surface area contributed by atoms with E-state index in [0.717, 1.165) is 6.42 Å². The van der Waals surface area contributed by atoms with Crippen molar-refractivity contribution in [2.45, 2.75) is 19.8 Å². The second kappa shape index (κ2) is 18.8. The number of nitriles is 1. The molecule has 0 aliphatic heterocycles. The molecule has 0 aromatic carbocycles. The van der Waals surface area contributed by atoms with Gasteiger partial charge in [0.25, 0.3) is 0 Å². The van der Waals surface area contributed by atoms with Crippen molar-refractivity contribution in [1.82, 2.24) is 0 Å². The van der Waals surface area contributed by atoms with Crippen molar-refractivity contribution in [2.24, 2.45) is 0 Å². The highest BCUT2D eigenvalue weighted by Crippen LogP contribution is 1.82. The third kappa shape index (κ3) is 36.1. The highest BCUT2D eigenvalue weighted by Gasteiger charge is 1.61. The Hall–Kier alpha value is -0.770. The van der Waals surface area contributed by atoms with Gasteiger partial charge in [-0.15, -0.1) is 6.58 Å². The molecule has 7 heavy (non-hydrogen) atoms. The molecule has 0 saturated heterocycles. The summed E-state index contributed by atoms with van der Waals surface area (Å²) < 4.78 is 0. The first-order valence-electron chi connectivity index (χ1n) is 2.28. The van der Waals surface area contributed by atoms with Gasteiger partial charge >= 0.3 is 0 Å². The van der Waals surface area contributed by atoms with Crippen LogP contribution >= 0.6 is 0 Å². The molecule has 0 N–H and O–H groups in total. The molecular weight excluding hydrogens is 86.1 g/mol. The second-order valence-electron chi connectivity index (χ2n) is 1.08. The third-order valence-corrected chi connectivity index (χ3v) is 0.493. The summed E-state index contributed by atoms with van der Waals surface area (Å²) in [5.74, 6) is 0. The number of hydrogen-bond acceptors (Lipinski definition) is 1. The molecule has 0 heterocycles. The molecule has 0 aliphatic carbocycles. The average molecular weight is 97.2 g/mol. The maximum Gasteiger partial charge on any atom is 0.0462 e. The van der Waals surface area contributed by atoms with E-state index >= 15 is 0 Å². The quantitative estimate of drug-likeness (QED) is 0.484. The van der Waals surface area contributed by atoms with Crippen molar-refractivity contribution in [3.05, 3.63) is 12.7 Å². The van der Waals surface area contributed by atoms with E-state index in [9.17, 15) is 0 Å². The Balaban J connectivity index is 0. The van der Waals surface area contributed by atoms with Crippen LogP contribution in [-0.2, 0) is 0 Å². The van der Waals surface area contributed by atoms with Crippen molar-refractivity contribution >= 4 is 0 Å². The minimum absolute atomic E-state index is 1.15. The standard InChI is InChI=1S/C5H10.CHN/c1-3-5-4-2;1-2/h3H,1,4-5H2,2H3;1H. The maximum atomic E-state index is 6.50.